The van der Waals surface area contributed by atoms with Gasteiger partial charge in [0.05, 0.1) is 0 Å². The van der Waals surface area contributed by atoms with Gasteiger partial charge in [-0.05, 0) is 32.8 Å². The number of H-pyrrole nitrogens is 1. The predicted molar refractivity (Wildman–Crippen MR) is 73.0 cm³/mol. The highest BCUT2D eigenvalue weighted by atomic mass is 16.5. The molecule has 0 spiro atoms. The number of nitrogens with zero attached hydrogens (tertiary/aromatic N) is 3. The molecule has 0 atom stereocenters. The largest absolute Gasteiger partial charge is 0.381 e. The van der Waals surface area contributed by atoms with E-state index in [1.807, 2.05) is 23.1 Å². The van der Waals surface area contributed by atoms with Gasteiger partial charge in [0.2, 0.25) is 0 Å². The molecule has 19 heavy (non-hydrogen) atoms. The van der Waals surface area contributed by atoms with E-state index in [0.29, 0.717) is 12.0 Å². The van der Waals surface area contributed by atoms with Crippen molar-refractivity contribution in [3.8, 4) is 11.4 Å². The van der Waals surface area contributed by atoms with Crippen molar-refractivity contribution in [2.45, 2.75) is 38.6 Å². The topological polar surface area (TPSA) is 55.7 Å². The number of nitrogens with one attached hydrogen (secondary N) is 1. The molecule has 5 nitrogen and oxygen atoms in total. The Labute approximate surface area is 113 Å². The fourth-order valence-corrected chi connectivity index (χ4v) is 2.49. The van der Waals surface area contributed by atoms with Gasteiger partial charge in [-0.25, -0.2) is 9.67 Å². The van der Waals surface area contributed by atoms with Crippen LogP contribution in [0.25, 0.3) is 11.4 Å². The number of hydrogen-bond donors (Lipinski definition) is 1. The van der Waals surface area contributed by atoms with Crippen LogP contribution in [0.3, 0.4) is 0 Å². The first-order valence-corrected chi connectivity index (χ1v) is 6.93. The van der Waals surface area contributed by atoms with E-state index in [4.69, 9.17) is 14.8 Å². The monoisotopic (exact) mass is 260 g/mol. The average Bonchev–Trinajstić information content (AvgIpc) is 3.08. The number of hydrogen-bond acceptors (Lipinski definition) is 3. The van der Waals surface area contributed by atoms with Crippen LogP contribution in [-0.2, 0) is 4.74 Å². The first-order valence-electron chi connectivity index (χ1n) is 6.93. The molecule has 0 aromatic carbocycles. The van der Waals surface area contributed by atoms with E-state index in [9.17, 15) is 0 Å². The van der Waals surface area contributed by atoms with Gasteiger partial charge in [-0.3, -0.25) is 0 Å². The molecule has 102 valence electrons. The third kappa shape index (κ3) is 2.42. The smallest absolute Gasteiger partial charge is 0.160 e. The maximum atomic E-state index is 5.41. The fourth-order valence-electron chi connectivity index (χ4n) is 2.49. The summed E-state index contributed by atoms with van der Waals surface area (Å²) < 4.78 is 7.43. The molecule has 0 radical (unpaired) electrons. The SMILES string of the molecule is CC(C)n1nc(C2CCOCC2)nc1-c1cc[nH]c1. The standard InChI is InChI=1S/C14H20N4O/c1-10(2)18-14(12-3-6-15-9-12)16-13(17-18)11-4-7-19-8-5-11/h3,6,9-11,15H,4-5,7-8H2,1-2H3. The summed E-state index contributed by atoms with van der Waals surface area (Å²) in [6.07, 6.45) is 5.93. The minimum absolute atomic E-state index is 0.311. The summed E-state index contributed by atoms with van der Waals surface area (Å²) in [7, 11) is 0. The Morgan fingerprint density at radius 1 is 1.37 bits per heavy atom. The predicted octanol–water partition coefficient (Wildman–Crippen LogP) is 2.75. The molecule has 0 saturated carbocycles. The Morgan fingerprint density at radius 2 is 2.16 bits per heavy atom. The molecule has 0 unspecified atom stereocenters. The summed E-state index contributed by atoms with van der Waals surface area (Å²) in [5, 5.41) is 4.73. The van der Waals surface area contributed by atoms with Crippen LogP contribution in [0.1, 0.15) is 44.5 Å². The zero-order valence-electron chi connectivity index (χ0n) is 11.5. The molecule has 1 N–H and O–H groups in total. The summed E-state index contributed by atoms with van der Waals surface area (Å²) in [4.78, 5) is 7.86. The molecular weight excluding hydrogens is 240 g/mol. The zero-order chi connectivity index (χ0) is 13.2. The minimum atomic E-state index is 0.311. The van der Waals surface area contributed by atoms with Crippen molar-refractivity contribution in [2.75, 3.05) is 13.2 Å². The Bertz CT molecular complexity index is 524. The van der Waals surface area contributed by atoms with Gasteiger partial charge in [0.25, 0.3) is 0 Å². The minimum Gasteiger partial charge on any atom is -0.381 e. The summed E-state index contributed by atoms with van der Waals surface area (Å²) in [5.41, 5.74) is 1.10. The second-order valence-corrected chi connectivity index (χ2v) is 5.32. The number of aromatic amines is 1. The summed E-state index contributed by atoms with van der Waals surface area (Å²) >= 11 is 0. The van der Waals surface area contributed by atoms with Crippen LogP contribution in [0.2, 0.25) is 0 Å². The van der Waals surface area contributed by atoms with Crippen LogP contribution in [-0.4, -0.2) is 33.0 Å². The van der Waals surface area contributed by atoms with Gasteiger partial charge in [0, 0.05) is 43.1 Å². The van der Waals surface area contributed by atoms with Crippen molar-refractivity contribution in [3.05, 3.63) is 24.3 Å². The molecule has 1 fully saturated rings. The first kappa shape index (κ1) is 12.4. The Hall–Kier alpha value is -1.62. The van der Waals surface area contributed by atoms with Gasteiger partial charge in [-0.15, -0.1) is 0 Å². The van der Waals surface area contributed by atoms with Crippen LogP contribution >= 0.6 is 0 Å². The Balaban J connectivity index is 1.96. The normalized spacial score (nSPS) is 17.2. The van der Waals surface area contributed by atoms with E-state index in [0.717, 1.165) is 43.3 Å². The molecular formula is C14H20N4O. The molecule has 2 aromatic rings. The van der Waals surface area contributed by atoms with E-state index in [2.05, 4.69) is 18.8 Å². The third-order valence-electron chi connectivity index (χ3n) is 3.58. The lowest BCUT2D eigenvalue weighted by Gasteiger charge is -2.19. The van der Waals surface area contributed by atoms with Crippen molar-refractivity contribution in [1.82, 2.24) is 19.7 Å². The fraction of sp³-hybridized carbons (Fsp3) is 0.571. The highest BCUT2D eigenvalue weighted by Gasteiger charge is 2.23. The van der Waals surface area contributed by atoms with Gasteiger partial charge in [-0.2, -0.15) is 5.10 Å². The van der Waals surface area contributed by atoms with E-state index >= 15 is 0 Å². The van der Waals surface area contributed by atoms with Gasteiger partial charge in [-0.1, -0.05) is 0 Å². The van der Waals surface area contributed by atoms with E-state index in [1.54, 1.807) is 0 Å². The van der Waals surface area contributed by atoms with Crippen LogP contribution < -0.4 is 0 Å². The van der Waals surface area contributed by atoms with Crippen molar-refractivity contribution in [1.29, 1.82) is 0 Å². The first-order chi connectivity index (χ1) is 9.25. The number of ether oxygens (including phenoxy) is 1. The quantitative estimate of drug-likeness (QED) is 0.923. The molecule has 3 rings (SSSR count). The Morgan fingerprint density at radius 3 is 2.79 bits per heavy atom. The summed E-state index contributed by atoms with van der Waals surface area (Å²) in [6.45, 7) is 5.91. The van der Waals surface area contributed by atoms with Crippen LogP contribution in [0.15, 0.2) is 18.5 Å². The molecule has 0 bridgehead atoms. The second kappa shape index (κ2) is 5.17. The summed E-state index contributed by atoms with van der Waals surface area (Å²) in [6, 6.07) is 2.35. The van der Waals surface area contributed by atoms with Crippen LogP contribution in [0, 0.1) is 0 Å². The third-order valence-corrected chi connectivity index (χ3v) is 3.58. The van der Waals surface area contributed by atoms with Gasteiger partial charge < -0.3 is 9.72 Å². The van der Waals surface area contributed by atoms with Crippen molar-refractivity contribution < 1.29 is 4.74 Å². The highest BCUT2D eigenvalue weighted by molar-refractivity contribution is 5.54. The van der Waals surface area contributed by atoms with Crippen LogP contribution in [0.4, 0.5) is 0 Å². The van der Waals surface area contributed by atoms with Crippen molar-refractivity contribution in [2.24, 2.45) is 0 Å². The maximum Gasteiger partial charge on any atom is 0.160 e. The van der Waals surface area contributed by atoms with Gasteiger partial charge in [0.15, 0.2) is 11.6 Å². The molecule has 1 aliphatic heterocycles. The van der Waals surface area contributed by atoms with E-state index in [1.165, 1.54) is 0 Å². The molecule has 1 aliphatic rings. The van der Waals surface area contributed by atoms with Crippen molar-refractivity contribution >= 4 is 0 Å². The molecule has 5 heteroatoms. The highest BCUT2D eigenvalue weighted by Crippen LogP contribution is 2.28. The average molecular weight is 260 g/mol. The maximum absolute atomic E-state index is 5.41. The van der Waals surface area contributed by atoms with Crippen molar-refractivity contribution in [3.63, 3.8) is 0 Å². The lowest BCUT2D eigenvalue weighted by atomic mass is 10.00. The second-order valence-electron chi connectivity index (χ2n) is 5.32. The zero-order valence-corrected chi connectivity index (χ0v) is 11.5. The molecule has 0 aliphatic carbocycles. The lowest BCUT2D eigenvalue weighted by molar-refractivity contribution is 0.0835. The van der Waals surface area contributed by atoms with E-state index < -0.39 is 0 Å². The molecule has 2 aromatic heterocycles. The molecule has 0 amide bonds. The number of aromatic nitrogens is 4. The molecule has 3 heterocycles. The number of rotatable bonds is 3. The molecule has 1 saturated heterocycles. The Kier molecular flexibility index (Phi) is 3.38. The van der Waals surface area contributed by atoms with Crippen LogP contribution in [0.5, 0.6) is 0 Å². The van der Waals surface area contributed by atoms with Gasteiger partial charge in [0.1, 0.15) is 0 Å². The lowest BCUT2D eigenvalue weighted by Crippen LogP contribution is -2.15. The van der Waals surface area contributed by atoms with Gasteiger partial charge >= 0.3 is 0 Å². The summed E-state index contributed by atoms with van der Waals surface area (Å²) in [5.74, 6) is 2.36. The van der Waals surface area contributed by atoms with E-state index in [-0.39, 0.29) is 0 Å².